The minimum atomic E-state index is -4.79. The Hall–Kier alpha value is -1.87. The maximum atomic E-state index is 12.0. The maximum Gasteiger partial charge on any atom is 1.00 e. The van der Waals surface area contributed by atoms with Crippen LogP contribution in [0.15, 0.2) is 41.3 Å². The first kappa shape index (κ1) is 41.1. The van der Waals surface area contributed by atoms with Gasteiger partial charge in [0.05, 0.1) is 103 Å². The average molecular weight is 629 g/mol. The number of hydrogen-bond acceptors (Lipinski definition) is 14. The number of rotatable bonds is 27. The fraction of sp³-hybridized carbons (Fsp3) is 0.630. The van der Waals surface area contributed by atoms with Gasteiger partial charge in [-0.15, -0.1) is 0 Å². The van der Waals surface area contributed by atoms with Crippen molar-refractivity contribution in [3.8, 4) is 0 Å². The van der Waals surface area contributed by atoms with E-state index >= 15 is 0 Å². The molecule has 0 unspecified atom stereocenters. The van der Waals surface area contributed by atoms with Gasteiger partial charge in [0.25, 0.3) is 0 Å². The van der Waals surface area contributed by atoms with Crippen LogP contribution in [-0.2, 0) is 57.5 Å². The van der Waals surface area contributed by atoms with Gasteiger partial charge in [0.1, 0.15) is 23.3 Å². The fourth-order valence-corrected chi connectivity index (χ4v) is 3.53. The van der Waals surface area contributed by atoms with Crippen molar-refractivity contribution < 1.29 is 84.1 Å². The molecule has 0 bridgehead atoms. The van der Waals surface area contributed by atoms with Crippen molar-refractivity contribution in [2.75, 3.05) is 106 Å². The van der Waals surface area contributed by atoms with Crippen LogP contribution in [0.4, 0.5) is 0 Å². The molecule has 0 aliphatic rings. The summed E-state index contributed by atoms with van der Waals surface area (Å²) in [6.07, 6.45) is 0. The van der Waals surface area contributed by atoms with Crippen LogP contribution in [0.25, 0.3) is 0 Å². The Morgan fingerprint density at radius 1 is 0.628 bits per heavy atom. The van der Waals surface area contributed by atoms with Crippen molar-refractivity contribution in [3.05, 3.63) is 42.0 Å². The van der Waals surface area contributed by atoms with E-state index in [1.807, 2.05) is 0 Å². The SMILES string of the molecule is C=C(C)C(=O)OCCOCCOCCOCCOCCOCCOCCOCCOC(=O)c1ccccc1S(=O)(=O)[O-].[Li+]. The molecule has 43 heavy (non-hydrogen) atoms. The van der Waals surface area contributed by atoms with E-state index in [9.17, 15) is 22.6 Å². The smallest absolute Gasteiger partial charge is 0.744 e. The van der Waals surface area contributed by atoms with E-state index in [1.54, 1.807) is 6.92 Å². The monoisotopic (exact) mass is 628 g/mol. The number of ether oxygens (including phenoxy) is 9. The summed E-state index contributed by atoms with van der Waals surface area (Å²) in [4.78, 5) is 22.5. The molecular formula is C27H41LiO14S. The summed E-state index contributed by atoms with van der Waals surface area (Å²) in [7, 11) is -4.79. The zero-order chi connectivity index (χ0) is 30.9. The Morgan fingerprint density at radius 3 is 1.30 bits per heavy atom. The first-order valence-corrected chi connectivity index (χ1v) is 14.7. The molecule has 1 aromatic carbocycles. The zero-order valence-corrected chi connectivity index (χ0v) is 25.8. The molecular weight excluding hydrogens is 587 g/mol. The van der Waals surface area contributed by atoms with Gasteiger partial charge in [-0.3, -0.25) is 0 Å². The van der Waals surface area contributed by atoms with Crippen LogP contribution in [0.1, 0.15) is 17.3 Å². The molecule has 0 saturated heterocycles. The van der Waals surface area contributed by atoms with Crippen LogP contribution in [0.3, 0.4) is 0 Å². The van der Waals surface area contributed by atoms with Crippen LogP contribution in [0.2, 0.25) is 0 Å². The third-order valence-electron chi connectivity index (χ3n) is 4.88. The molecule has 0 N–H and O–H groups in total. The van der Waals surface area contributed by atoms with Crippen LogP contribution in [-0.4, -0.2) is 131 Å². The first-order chi connectivity index (χ1) is 20.2. The van der Waals surface area contributed by atoms with E-state index < -0.39 is 27.0 Å². The molecule has 1 aromatic rings. The number of esters is 2. The molecule has 16 heteroatoms. The third kappa shape index (κ3) is 22.3. The van der Waals surface area contributed by atoms with Crippen molar-refractivity contribution in [2.24, 2.45) is 0 Å². The van der Waals surface area contributed by atoms with Crippen molar-refractivity contribution >= 4 is 22.1 Å². The Kier molecular flexibility index (Phi) is 25.4. The summed E-state index contributed by atoms with van der Waals surface area (Å²) in [6.45, 7) is 10.2. The molecule has 1 rings (SSSR count). The molecule has 0 aliphatic carbocycles. The second-order valence-electron chi connectivity index (χ2n) is 8.29. The summed E-state index contributed by atoms with van der Waals surface area (Å²) in [5.74, 6) is -1.35. The minimum Gasteiger partial charge on any atom is -0.744 e. The Bertz CT molecular complexity index is 1010. The van der Waals surface area contributed by atoms with Crippen LogP contribution in [0.5, 0.6) is 0 Å². The normalized spacial score (nSPS) is 11.1. The van der Waals surface area contributed by atoms with Gasteiger partial charge in [-0.05, 0) is 19.1 Å². The number of carbonyl (C=O) groups excluding carboxylic acids is 2. The van der Waals surface area contributed by atoms with E-state index in [-0.39, 0.29) is 50.9 Å². The summed E-state index contributed by atoms with van der Waals surface area (Å²) in [6, 6.07) is 5.05. The quantitative estimate of drug-likeness (QED) is 0.0344. The molecule has 0 aliphatic heterocycles. The topological polar surface area (TPSA) is 174 Å². The predicted octanol–water partition coefficient (Wildman–Crippen LogP) is -2.01. The van der Waals surface area contributed by atoms with E-state index in [1.165, 1.54) is 18.2 Å². The molecule has 0 radical (unpaired) electrons. The summed E-state index contributed by atoms with van der Waals surface area (Å²) >= 11 is 0. The van der Waals surface area contributed by atoms with Crippen LogP contribution in [0, 0.1) is 0 Å². The van der Waals surface area contributed by atoms with E-state index in [2.05, 4.69) is 6.58 Å². The number of hydrogen-bond donors (Lipinski definition) is 0. The van der Waals surface area contributed by atoms with Crippen LogP contribution >= 0.6 is 0 Å². The van der Waals surface area contributed by atoms with E-state index in [4.69, 9.17) is 42.6 Å². The standard InChI is InChI=1S/C27H42O14S.Li/c1-23(2)26(28)40-21-19-38-17-15-36-13-11-34-9-7-33-8-10-35-12-14-37-16-18-39-20-22-41-27(29)24-5-3-4-6-25(24)42(30,31)32;/h3-6H,1,7-22H2,2H3,(H,30,31,32);/q;+1/p-1. The van der Waals surface area contributed by atoms with Crippen LogP contribution < -0.4 is 18.9 Å². The first-order valence-electron chi connectivity index (χ1n) is 13.3. The van der Waals surface area contributed by atoms with Crippen molar-refractivity contribution in [1.29, 1.82) is 0 Å². The van der Waals surface area contributed by atoms with Gasteiger partial charge in [-0.25, -0.2) is 18.0 Å². The second-order valence-corrected chi connectivity index (χ2v) is 9.64. The third-order valence-corrected chi connectivity index (χ3v) is 5.77. The average Bonchev–Trinajstić information content (AvgIpc) is 2.96. The Morgan fingerprint density at radius 2 is 0.953 bits per heavy atom. The molecule has 240 valence electrons. The van der Waals surface area contributed by atoms with Gasteiger partial charge in [0.2, 0.25) is 0 Å². The van der Waals surface area contributed by atoms with Gasteiger partial charge >= 0.3 is 30.8 Å². The summed E-state index contributed by atoms with van der Waals surface area (Å²) in [5.41, 5.74) is 0.0410. The summed E-state index contributed by atoms with van der Waals surface area (Å²) < 4.78 is 81.0. The second kappa shape index (κ2) is 26.5. The van der Waals surface area contributed by atoms with E-state index in [0.29, 0.717) is 84.9 Å². The molecule has 0 spiro atoms. The molecule has 0 heterocycles. The number of benzene rings is 1. The zero-order valence-electron chi connectivity index (χ0n) is 25.0. The molecule has 0 atom stereocenters. The molecule has 0 amide bonds. The molecule has 14 nitrogen and oxygen atoms in total. The minimum absolute atomic E-state index is 0. The Labute approximate surface area is 265 Å². The van der Waals surface area contributed by atoms with Crippen molar-refractivity contribution in [3.63, 3.8) is 0 Å². The molecule has 0 saturated carbocycles. The molecule has 0 fully saturated rings. The van der Waals surface area contributed by atoms with Crippen molar-refractivity contribution in [1.82, 2.24) is 0 Å². The van der Waals surface area contributed by atoms with Gasteiger partial charge < -0.3 is 47.2 Å². The van der Waals surface area contributed by atoms with Gasteiger partial charge in [0.15, 0.2) is 0 Å². The maximum absolute atomic E-state index is 12.0. The largest absolute Gasteiger partial charge is 1.00 e. The Balaban J connectivity index is 0.0000176. The van der Waals surface area contributed by atoms with Gasteiger partial charge in [-0.1, -0.05) is 18.7 Å². The summed E-state index contributed by atoms with van der Waals surface area (Å²) in [5, 5.41) is 0. The van der Waals surface area contributed by atoms with Crippen molar-refractivity contribution in [2.45, 2.75) is 11.8 Å². The fourth-order valence-electron chi connectivity index (χ4n) is 2.86. The van der Waals surface area contributed by atoms with Gasteiger partial charge in [0, 0.05) is 5.57 Å². The van der Waals surface area contributed by atoms with E-state index in [0.717, 1.165) is 6.07 Å². The van der Waals surface area contributed by atoms with Gasteiger partial charge in [-0.2, -0.15) is 0 Å². The number of carbonyl (C=O) groups is 2. The predicted molar refractivity (Wildman–Crippen MR) is 146 cm³/mol. The molecule has 0 aromatic heterocycles.